The van der Waals surface area contributed by atoms with Gasteiger partial charge in [-0.1, -0.05) is 39.5 Å². The van der Waals surface area contributed by atoms with Crippen molar-refractivity contribution in [2.24, 2.45) is 23.7 Å². The normalized spacial score (nSPS) is 40.4. The van der Waals surface area contributed by atoms with Gasteiger partial charge in [-0.05, 0) is 42.9 Å². The fraction of sp³-hybridized carbons (Fsp3) is 1.00. The fourth-order valence-electron chi connectivity index (χ4n) is 3.52. The highest BCUT2D eigenvalue weighted by Gasteiger charge is 2.32. The minimum atomic E-state index is 0.933. The molecule has 0 aliphatic heterocycles. The highest BCUT2D eigenvalue weighted by atomic mass is 14.4. The predicted octanol–water partition coefficient (Wildman–Crippen LogP) is 4.25. The van der Waals surface area contributed by atoms with E-state index in [-0.39, 0.29) is 0 Å². The number of fused-ring (bicyclic) bond motifs is 1. The zero-order valence-electron chi connectivity index (χ0n) is 9.26. The molecule has 0 nitrogen and oxygen atoms in total. The SMILES string of the molecule is CC(C)[C@H]1CC[C@H]2CCCC[C@H]2C1. The van der Waals surface area contributed by atoms with Gasteiger partial charge in [-0.2, -0.15) is 0 Å². The van der Waals surface area contributed by atoms with E-state index in [9.17, 15) is 0 Å². The maximum absolute atomic E-state index is 2.41. The number of hydrogen-bond acceptors (Lipinski definition) is 0. The summed E-state index contributed by atoms with van der Waals surface area (Å²) >= 11 is 0. The van der Waals surface area contributed by atoms with Gasteiger partial charge in [0.25, 0.3) is 0 Å². The molecule has 2 aliphatic rings. The van der Waals surface area contributed by atoms with Crippen LogP contribution in [-0.2, 0) is 0 Å². The molecule has 13 heavy (non-hydrogen) atoms. The molecule has 0 radical (unpaired) electrons. The van der Waals surface area contributed by atoms with Gasteiger partial charge >= 0.3 is 0 Å². The van der Waals surface area contributed by atoms with Crippen molar-refractivity contribution in [3.63, 3.8) is 0 Å². The molecule has 0 saturated heterocycles. The first-order chi connectivity index (χ1) is 6.27. The summed E-state index contributed by atoms with van der Waals surface area (Å²) in [4.78, 5) is 0. The lowest BCUT2D eigenvalue weighted by atomic mass is 9.65. The van der Waals surface area contributed by atoms with Crippen LogP contribution in [0.5, 0.6) is 0 Å². The van der Waals surface area contributed by atoms with Crippen LogP contribution >= 0.6 is 0 Å². The molecule has 0 amide bonds. The second-order valence-electron chi connectivity index (χ2n) is 5.62. The van der Waals surface area contributed by atoms with E-state index in [1.807, 2.05) is 0 Å². The van der Waals surface area contributed by atoms with Gasteiger partial charge in [0.05, 0.1) is 0 Å². The van der Waals surface area contributed by atoms with Crippen molar-refractivity contribution in [3.8, 4) is 0 Å². The van der Waals surface area contributed by atoms with E-state index in [4.69, 9.17) is 0 Å². The van der Waals surface area contributed by atoms with Gasteiger partial charge in [-0.25, -0.2) is 0 Å². The molecule has 2 fully saturated rings. The molecule has 0 unspecified atom stereocenters. The third-order valence-electron chi connectivity index (χ3n) is 4.52. The van der Waals surface area contributed by atoms with Crippen molar-refractivity contribution in [1.82, 2.24) is 0 Å². The Bertz CT molecular complexity index is 159. The smallest absolute Gasteiger partial charge is 0.0383 e. The van der Waals surface area contributed by atoms with E-state index in [0.717, 1.165) is 23.7 Å². The molecule has 0 N–H and O–H groups in total. The Morgan fingerprint density at radius 1 is 0.846 bits per heavy atom. The first-order valence-corrected chi connectivity index (χ1v) is 6.27. The van der Waals surface area contributed by atoms with Gasteiger partial charge in [0, 0.05) is 0 Å². The molecule has 2 aliphatic carbocycles. The van der Waals surface area contributed by atoms with E-state index < -0.39 is 0 Å². The molecule has 0 spiro atoms. The Morgan fingerprint density at radius 2 is 1.54 bits per heavy atom. The van der Waals surface area contributed by atoms with Gasteiger partial charge in [0.15, 0.2) is 0 Å². The molecular weight excluding hydrogens is 156 g/mol. The predicted molar refractivity (Wildman–Crippen MR) is 57.6 cm³/mol. The lowest BCUT2D eigenvalue weighted by molar-refractivity contribution is 0.108. The average molecular weight is 180 g/mol. The van der Waals surface area contributed by atoms with E-state index >= 15 is 0 Å². The third-order valence-corrected chi connectivity index (χ3v) is 4.52. The summed E-state index contributed by atoms with van der Waals surface area (Å²) in [5.41, 5.74) is 0. The largest absolute Gasteiger partial charge is 0.0625 e. The molecule has 2 saturated carbocycles. The standard InChI is InChI=1S/C13H24/c1-10(2)12-8-7-11-5-3-4-6-13(11)9-12/h10-13H,3-9H2,1-2H3/t11-,12+,13+/m1/s1. The molecule has 0 heteroatoms. The van der Waals surface area contributed by atoms with Crippen LogP contribution in [-0.4, -0.2) is 0 Å². The van der Waals surface area contributed by atoms with Crippen LogP contribution in [0.2, 0.25) is 0 Å². The minimum absolute atomic E-state index is 0.933. The minimum Gasteiger partial charge on any atom is -0.0625 e. The molecule has 76 valence electrons. The van der Waals surface area contributed by atoms with Crippen molar-refractivity contribution >= 4 is 0 Å². The molecule has 3 atom stereocenters. The van der Waals surface area contributed by atoms with Gasteiger partial charge in [0.1, 0.15) is 0 Å². The maximum atomic E-state index is 2.41. The van der Waals surface area contributed by atoms with Crippen LogP contribution in [0.3, 0.4) is 0 Å². The Balaban J connectivity index is 1.91. The second-order valence-corrected chi connectivity index (χ2v) is 5.62. The highest BCUT2D eigenvalue weighted by Crippen LogP contribution is 2.44. The van der Waals surface area contributed by atoms with Crippen LogP contribution < -0.4 is 0 Å². The van der Waals surface area contributed by atoms with Crippen molar-refractivity contribution in [3.05, 3.63) is 0 Å². The summed E-state index contributed by atoms with van der Waals surface area (Å²) < 4.78 is 0. The van der Waals surface area contributed by atoms with Crippen molar-refractivity contribution in [1.29, 1.82) is 0 Å². The molecule has 0 aromatic rings. The summed E-state index contributed by atoms with van der Waals surface area (Å²) in [5.74, 6) is 4.24. The second kappa shape index (κ2) is 4.02. The van der Waals surface area contributed by atoms with Gasteiger partial charge < -0.3 is 0 Å². The van der Waals surface area contributed by atoms with E-state index in [2.05, 4.69) is 13.8 Å². The summed E-state index contributed by atoms with van der Waals surface area (Å²) in [6, 6.07) is 0. The monoisotopic (exact) mass is 180 g/mol. The lowest BCUT2D eigenvalue weighted by Crippen LogP contribution is -2.29. The molecule has 0 aromatic carbocycles. The van der Waals surface area contributed by atoms with Crippen LogP contribution in [0, 0.1) is 23.7 Å². The maximum Gasteiger partial charge on any atom is -0.0383 e. The van der Waals surface area contributed by atoms with Crippen LogP contribution in [0.25, 0.3) is 0 Å². The topological polar surface area (TPSA) is 0 Å². The summed E-state index contributed by atoms with van der Waals surface area (Å²) in [6.45, 7) is 4.82. The van der Waals surface area contributed by atoms with Crippen molar-refractivity contribution in [2.45, 2.75) is 58.8 Å². The van der Waals surface area contributed by atoms with E-state index in [0.29, 0.717) is 0 Å². The van der Waals surface area contributed by atoms with E-state index in [1.54, 1.807) is 25.7 Å². The zero-order chi connectivity index (χ0) is 9.26. The number of hydrogen-bond donors (Lipinski definition) is 0. The molecule has 0 heterocycles. The van der Waals surface area contributed by atoms with Crippen LogP contribution in [0.15, 0.2) is 0 Å². The highest BCUT2D eigenvalue weighted by molar-refractivity contribution is 4.83. The summed E-state index contributed by atoms with van der Waals surface area (Å²) in [6.07, 6.45) is 10.8. The number of rotatable bonds is 1. The van der Waals surface area contributed by atoms with Gasteiger partial charge in [-0.3, -0.25) is 0 Å². The van der Waals surface area contributed by atoms with E-state index in [1.165, 1.54) is 19.3 Å². The first kappa shape index (κ1) is 9.55. The quantitative estimate of drug-likeness (QED) is 0.566. The first-order valence-electron chi connectivity index (χ1n) is 6.27. The fourth-order valence-corrected chi connectivity index (χ4v) is 3.52. The Morgan fingerprint density at radius 3 is 2.23 bits per heavy atom. The zero-order valence-corrected chi connectivity index (χ0v) is 9.26. The Labute approximate surface area is 83.1 Å². The van der Waals surface area contributed by atoms with Crippen LogP contribution in [0.1, 0.15) is 58.8 Å². The summed E-state index contributed by atoms with van der Waals surface area (Å²) in [5, 5.41) is 0. The lowest BCUT2D eigenvalue weighted by Gasteiger charge is -2.40. The molecule has 0 aromatic heterocycles. The van der Waals surface area contributed by atoms with Crippen molar-refractivity contribution in [2.75, 3.05) is 0 Å². The van der Waals surface area contributed by atoms with Gasteiger partial charge in [0.2, 0.25) is 0 Å². The Kier molecular flexibility index (Phi) is 2.96. The average Bonchev–Trinajstić information content (AvgIpc) is 2.17. The Hall–Kier alpha value is 0. The summed E-state index contributed by atoms with van der Waals surface area (Å²) in [7, 11) is 0. The molecular formula is C13H24. The van der Waals surface area contributed by atoms with Gasteiger partial charge in [-0.15, -0.1) is 0 Å². The van der Waals surface area contributed by atoms with Crippen LogP contribution in [0.4, 0.5) is 0 Å². The molecule has 2 rings (SSSR count). The molecule has 0 bridgehead atoms. The third kappa shape index (κ3) is 2.08. The van der Waals surface area contributed by atoms with Crippen molar-refractivity contribution < 1.29 is 0 Å².